The van der Waals surface area contributed by atoms with Gasteiger partial charge in [-0.2, -0.15) is 0 Å². The molecule has 0 amide bonds. The summed E-state index contributed by atoms with van der Waals surface area (Å²) in [5.74, 6) is 1.93. The van der Waals surface area contributed by atoms with Crippen molar-refractivity contribution in [1.29, 1.82) is 0 Å². The molecule has 0 atom stereocenters. The van der Waals surface area contributed by atoms with E-state index in [1.807, 2.05) is 38.2 Å². The molecule has 1 aromatic heterocycles. The third-order valence-corrected chi connectivity index (χ3v) is 1.37. The second kappa shape index (κ2) is 3.55. The van der Waals surface area contributed by atoms with Gasteiger partial charge in [0.15, 0.2) is 0 Å². The molecule has 1 N–H and O–H groups in total. The molecular weight excluding hydrogens is 140 g/mol. The Morgan fingerprint density at radius 2 is 2.18 bits per heavy atom. The maximum Gasteiger partial charge on any atom is 0.119 e. The van der Waals surface area contributed by atoms with Crippen molar-refractivity contribution in [2.75, 3.05) is 14.1 Å². The zero-order chi connectivity index (χ0) is 8.27. The first-order chi connectivity index (χ1) is 5.18. The Labute approximate surface area is 67.0 Å². The van der Waals surface area contributed by atoms with Gasteiger partial charge in [-0.15, -0.1) is 0 Å². The maximum atomic E-state index is 5.34. The van der Waals surface area contributed by atoms with Crippen LogP contribution >= 0.6 is 0 Å². The summed E-state index contributed by atoms with van der Waals surface area (Å²) in [6.45, 7) is 2.69. The predicted molar refractivity (Wildman–Crippen MR) is 44.0 cm³/mol. The minimum atomic E-state index is 0.751. The number of nitrogens with one attached hydrogen (secondary N) is 1. The molecular formula is C8H14N2O. The standard InChI is InChI=1S/C8H14N2O/c1-7-4-5-8(11-7)6-9-10(2)3/h4-5,9H,6H2,1-3H3. The average molecular weight is 154 g/mol. The lowest BCUT2D eigenvalue weighted by molar-refractivity contribution is 0.270. The Morgan fingerprint density at radius 3 is 2.64 bits per heavy atom. The predicted octanol–water partition coefficient (Wildman–Crippen LogP) is 1.15. The molecule has 0 bridgehead atoms. The Balaban J connectivity index is 2.39. The van der Waals surface area contributed by atoms with Gasteiger partial charge in [0.25, 0.3) is 0 Å². The molecule has 0 aliphatic heterocycles. The van der Waals surface area contributed by atoms with Gasteiger partial charge in [-0.25, -0.2) is 5.43 Å². The minimum Gasteiger partial charge on any atom is -0.465 e. The number of hydrazine groups is 1. The molecule has 0 aliphatic rings. The van der Waals surface area contributed by atoms with Gasteiger partial charge in [0, 0.05) is 14.1 Å². The molecule has 62 valence electrons. The lowest BCUT2D eigenvalue weighted by Gasteiger charge is -2.09. The van der Waals surface area contributed by atoms with Crippen LogP contribution in [0.1, 0.15) is 11.5 Å². The molecule has 0 aromatic carbocycles. The van der Waals surface area contributed by atoms with Crippen molar-refractivity contribution < 1.29 is 4.42 Å². The lowest BCUT2D eigenvalue weighted by Crippen LogP contribution is -2.29. The van der Waals surface area contributed by atoms with E-state index < -0.39 is 0 Å². The first kappa shape index (κ1) is 8.30. The van der Waals surface area contributed by atoms with Gasteiger partial charge in [-0.05, 0) is 19.1 Å². The molecule has 1 heterocycles. The molecule has 0 fully saturated rings. The summed E-state index contributed by atoms with van der Waals surface area (Å²) in [5, 5.41) is 1.90. The van der Waals surface area contributed by atoms with E-state index in [4.69, 9.17) is 4.42 Å². The fourth-order valence-electron chi connectivity index (χ4n) is 0.816. The van der Waals surface area contributed by atoms with Crippen molar-refractivity contribution in [2.24, 2.45) is 0 Å². The number of nitrogens with zero attached hydrogens (tertiary/aromatic N) is 1. The van der Waals surface area contributed by atoms with Crippen LogP contribution < -0.4 is 5.43 Å². The normalized spacial score (nSPS) is 10.9. The Morgan fingerprint density at radius 1 is 1.45 bits per heavy atom. The smallest absolute Gasteiger partial charge is 0.119 e. The summed E-state index contributed by atoms with van der Waals surface area (Å²) < 4.78 is 5.34. The molecule has 0 unspecified atom stereocenters. The van der Waals surface area contributed by atoms with Gasteiger partial charge >= 0.3 is 0 Å². The highest BCUT2D eigenvalue weighted by molar-refractivity contribution is 5.04. The van der Waals surface area contributed by atoms with Gasteiger partial charge < -0.3 is 4.42 Å². The molecule has 0 saturated heterocycles. The fraction of sp³-hybridized carbons (Fsp3) is 0.500. The zero-order valence-electron chi connectivity index (χ0n) is 7.22. The highest BCUT2D eigenvalue weighted by Gasteiger charge is 1.96. The Bertz CT molecular complexity index is 218. The van der Waals surface area contributed by atoms with Crippen molar-refractivity contribution in [3.05, 3.63) is 23.7 Å². The van der Waals surface area contributed by atoms with Crippen molar-refractivity contribution in [3.63, 3.8) is 0 Å². The SMILES string of the molecule is Cc1ccc(CNN(C)C)o1. The summed E-state index contributed by atoms with van der Waals surface area (Å²) in [6.07, 6.45) is 0. The van der Waals surface area contributed by atoms with E-state index in [0.29, 0.717) is 0 Å². The van der Waals surface area contributed by atoms with E-state index in [1.165, 1.54) is 0 Å². The number of aryl methyl sites for hydroxylation is 1. The molecule has 11 heavy (non-hydrogen) atoms. The quantitative estimate of drug-likeness (QED) is 0.662. The van der Waals surface area contributed by atoms with Crippen LogP contribution in [0.15, 0.2) is 16.5 Å². The van der Waals surface area contributed by atoms with Crippen LogP contribution in [-0.2, 0) is 6.54 Å². The first-order valence-electron chi connectivity index (χ1n) is 3.64. The van der Waals surface area contributed by atoms with E-state index >= 15 is 0 Å². The second-order valence-corrected chi connectivity index (χ2v) is 2.74. The number of rotatable bonds is 3. The summed E-state index contributed by atoms with van der Waals surface area (Å²) in [6, 6.07) is 3.94. The first-order valence-corrected chi connectivity index (χ1v) is 3.64. The Kier molecular flexibility index (Phi) is 2.68. The molecule has 0 aliphatic carbocycles. The largest absolute Gasteiger partial charge is 0.465 e. The van der Waals surface area contributed by atoms with Gasteiger partial charge in [-0.3, -0.25) is 5.01 Å². The fourth-order valence-corrected chi connectivity index (χ4v) is 0.816. The van der Waals surface area contributed by atoms with Gasteiger partial charge in [0.2, 0.25) is 0 Å². The molecule has 0 radical (unpaired) electrons. The zero-order valence-corrected chi connectivity index (χ0v) is 7.22. The highest BCUT2D eigenvalue weighted by atomic mass is 16.3. The van der Waals surface area contributed by atoms with Crippen LogP contribution in [0.3, 0.4) is 0 Å². The highest BCUT2D eigenvalue weighted by Crippen LogP contribution is 2.04. The van der Waals surface area contributed by atoms with Crippen molar-refractivity contribution in [2.45, 2.75) is 13.5 Å². The van der Waals surface area contributed by atoms with E-state index in [2.05, 4.69) is 5.43 Å². The van der Waals surface area contributed by atoms with Crippen molar-refractivity contribution in [3.8, 4) is 0 Å². The Hall–Kier alpha value is -0.800. The summed E-state index contributed by atoms with van der Waals surface area (Å²) in [7, 11) is 3.91. The van der Waals surface area contributed by atoms with Crippen LogP contribution in [-0.4, -0.2) is 19.1 Å². The molecule has 1 rings (SSSR count). The monoisotopic (exact) mass is 154 g/mol. The molecule has 3 nitrogen and oxygen atoms in total. The summed E-state index contributed by atoms with van der Waals surface area (Å²) >= 11 is 0. The number of furan rings is 1. The van der Waals surface area contributed by atoms with E-state index in [0.717, 1.165) is 18.1 Å². The van der Waals surface area contributed by atoms with E-state index in [1.54, 1.807) is 0 Å². The van der Waals surface area contributed by atoms with Crippen LogP contribution in [0, 0.1) is 6.92 Å². The van der Waals surface area contributed by atoms with Gasteiger partial charge in [0.1, 0.15) is 11.5 Å². The topological polar surface area (TPSA) is 28.4 Å². The van der Waals surface area contributed by atoms with Crippen molar-refractivity contribution >= 4 is 0 Å². The average Bonchev–Trinajstić information content (AvgIpc) is 2.31. The maximum absolute atomic E-state index is 5.34. The van der Waals surface area contributed by atoms with Crippen LogP contribution in [0.2, 0.25) is 0 Å². The molecule has 3 heteroatoms. The minimum absolute atomic E-state index is 0.751. The van der Waals surface area contributed by atoms with Crippen LogP contribution in [0.5, 0.6) is 0 Å². The summed E-state index contributed by atoms with van der Waals surface area (Å²) in [4.78, 5) is 0. The number of hydrogen-bond donors (Lipinski definition) is 1. The second-order valence-electron chi connectivity index (χ2n) is 2.74. The lowest BCUT2D eigenvalue weighted by atomic mass is 10.4. The van der Waals surface area contributed by atoms with Crippen LogP contribution in [0.25, 0.3) is 0 Å². The van der Waals surface area contributed by atoms with Crippen molar-refractivity contribution in [1.82, 2.24) is 10.4 Å². The third-order valence-electron chi connectivity index (χ3n) is 1.37. The van der Waals surface area contributed by atoms with Gasteiger partial charge in [0.05, 0.1) is 6.54 Å². The number of hydrogen-bond acceptors (Lipinski definition) is 3. The van der Waals surface area contributed by atoms with Crippen LogP contribution in [0.4, 0.5) is 0 Å². The van der Waals surface area contributed by atoms with E-state index in [-0.39, 0.29) is 0 Å². The summed E-state index contributed by atoms with van der Waals surface area (Å²) in [5.41, 5.74) is 3.11. The third kappa shape index (κ3) is 2.74. The van der Waals surface area contributed by atoms with Gasteiger partial charge in [-0.1, -0.05) is 0 Å². The molecule has 0 saturated carbocycles. The molecule has 1 aromatic rings. The van der Waals surface area contributed by atoms with E-state index in [9.17, 15) is 0 Å². The molecule has 0 spiro atoms.